The molecule has 36 heteroatoms. The van der Waals surface area contributed by atoms with E-state index in [1.165, 1.54) is 0 Å². The maximum atomic E-state index is 13.7. The van der Waals surface area contributed by atoms with Crippen LogP contribution < -0.4 is 16.0 Å². The van der Waals surface area contributed by atoms with Gasteiger partial charge in [0.2, 0.25) is 17.7 Å². The number of rotatable bonds is 34. The molecule has 6 unspecified atom stereocenters. The fourth-order valence-electron chi connectivity index (χ4n) is 5.61. The third kappa shape index (κ3) is 16.2. The van der Waals surface area contributed by atoms with Crippen LogP contribution in [-0.2, 0) is 73.7 Å². The zero-order valence-corrected chi connectivity index (χ0v) is 42.3. The van der Waals surface area contributed by atoms with Crippen LogP contribution in [0.4, 0.5) is 0 Å². The van der Waals surface area contributed by atoms with Gasteiger partial charge in [-0.1, -0.05) is 0 Å². The molecule has 0 radical (unpaired) electrons. The highest BCUT2D eigenvalue weighted by molar-refractivity contribution is 7.80. The predicted octanol–water partition coefficient (Wildman–Crippen LogP) is 0.669. The van der Waals surface area contributed by atoms with Gasteiger partial charge in [0.15, 0.2) is 5.78 Å². The van der Waals surface area contributed by atoms with E-state index in [4.69, 9.17) is 5.41 Å². The zero-order chi connectivity index (χ0) is 51.1. The van der Waals surface area contributed by atoms with E-state index in [2.05, 4.69) is 55.7 Å². The maximum Gasteiger partial charge on any atom is 0.372 e. The van der Waals surface area contributed by atoms with Gasteiger partial charge in [0.25, 0.3) is 15.2 Å². The molecule has 0 saturated carbocycles. The number of nitrogens with one attached hydrogen (secondary N) is 4. The monoisotopic (exact) mass is 1080 g/mol. The van der Waals surface area contributed by atoms with E-state index in [0.717, 1.165) is 0 Å². The summed E-state index contributed by atoms with van der Waals surface area (Å²) >= 11 is 4.07. The van der Waals surface area contributed by atoms with Gasteiger partial charge < -0.3 is 93.2 Å². The largest absolute Gasteiger partial charge is 0.372 e. The van der Waals surface area contributed by atoms with Gasteiger partial charge in [-0.25, -0.2) is 0 Å². The summed E-state index contributed by atoms with van der Waals surface area (Å²) < 4.78 is 101. The molecule has 0 bridgehead atoms. The molecule has 0 aromatic heterocycles. The Morgan fingerprint density at radius 1 is 0.585 bits per heavy atom. The molecule has 0 aliphatic rings. The van der Waals surface area contributed by atoms with Crippen LogP contribution in [0.1, 0.15) is 64.2 Å². The number of hydrogen-bond acceptors (Lipinski definition) is 21. The van der Waals surface area contributed by atoms with E-state index in [0.29, 0.717) is 54.8 Å². The highest BCUT2D eigenvalue weighted by atomic mass is 32.1. The Morgan fingerprint density at radius 2 is 0.954 bits per heavy atom. The molecule has 0 aliphatic carbocycles. The van der Waals surface area contributed by atoms with Crippen LogP contribution in [0.2, 0.25) is 0 Å². The van der Waals surface area contributed by atoms with Crippen LogP contribution in [0.3, 0.4) is 0 Å². The van der Waals surface area contributed by atoms with E-state index < -0.39 is 154 Å². The molecule has 13 N–H and O–H groups in total. The second kappa shape index (κ2) is 26.2. The molecule has 382 valence electrons. The third-order valence-electron chi connectivity index (χ3n) is 9.76. The number of ketones is 1. The number of Topliss-reactive ketones (excluding diaryl/α,β-unsaturated/α-hetero) is 1. The Balaban J connectivity index is 6.65. The summed E-state index contributed by atoms with van der Waals surface area (Å²) in [5.74, 6) is -5.56. The predicted molar refractivity (Wildman–Crippen MR) is 230 cm³/mol. The molecule has 65 heavy (non-hydrogen) atoms. The lowest BCUT2D eigenvalue weighted by molar-refractivity contribution is -0.130. The van der Waals surface area contributed by atoms with Gasteiger partial charge in [-0.05, 0) is 37.9 Å². The number of aliphatic hydroxyl groups is 3. The smallest absolute Gasteiger partial charge is 0.367 e. The minimum atomic E-state index is -5.65. The van der Waals surface area contributed by atoms with Crippen LogP contribution in [0.25, 0.3) is 0 Å². The SMILES string of the molecule is COP(=O)(O)C(O)(CCNC(=O)CC[C@H](NC(=O)CC[C@H](CC(=N)CCCS)C(=O)NCCC(O)(P(=O)(O)OC)P(=O)(O)OC)C(=O)CC(O)(P(=O)(O)OC)P(=O)(O)OC)P(=O)(O)OC. The fraction of sp³-hybridized carbons (Fsp3) is 0.828. The van der Waals surface area contributed by atoms with Crippen molar-refractivity contribution in [3.63, 3.8) is 0 Å². The standard InChI is InChI=1S/C29H60N4O25P6S/c1-53-59(41,42)27(38,60(43,44)54-2)13-15-31-24(35)12-10-22(23(34)19-29(40,63(49,50)57-5)64(51,52)58-6)33-25(36)11-9-20(18-21(30)8-7-17-65)26(37)32-16-14-28(39,61(45,46)55-3)62(47,48)56-4/h20,22,30,38-40,65H,7-19H2,1-6H3,(H,31,35)(H,32,37)(H,33,36)(H,41,42)(H,43,44)(H,45,46)(H,47,48)(H,49,50)(H,51,52)/t20-,22+/m1/s1. The van der Waals surface area contributed by atoms with Crippen molar-refractivity contribution in [2.75, 3.05) is 61.5 Å². The number of thiol groups is 1. The first-order chi connectivity index (χ1) is 29.6. The van der Waals surface area contributed by atoms with Crippen molar-refractivity contribution in [1.82, 2.24) is 16.0 Å². The van der Waals surface area contributed by atoms with Gasteiger partial charge in [0.1, 0.15) is 0 Å². The second-order valence-electron chi connectivity index (χ2n) is 13.9. The quantitative estimate of drug-likeness (QED) is 0.0239. The molecule has 8 atom stereocenters. The number of carbonyl (C=O) groups is 4. The molecule has 0 saturated heterocycles. The molecule has 29 nitrogen and oxygen atoms in total. The average Bonchev–Trinajstić information content (AvgIpc) is 3.24. The van der Waals surface area contributed by atoms with Crippen molar-refractivity contribution < 1.29 is 118 Å². The zero-order valence-electron chi connectivity index (χ0n) is 36.0. The second-order valence-corrected chi connectivity index (χ2v) is 28.2. The summed E-state index contributed by atoms with van der Waals surface area (Å²) in [6.07, 6.45) is -6.52. The number of amides is 3. The third-order valence-corrected chi connectivity index (χ3v) is 24.2. The molecule has 0 aliphatic heterocycles. The molecule has 0 spiro atoms. The summed E-state index contributed by atoms with van der Waals surface area (Å²) in [6, 6.07) is -1.99. The first-order valence-electron chi connectivity index (χ1n) is 18.6. The van der Waals surface area contributed by atoms with Gasteiger partial charge in [0, 0.05) is 93.1 Å². The lowest BCUT2D eigenvalue weighted by Gasteiger charge is -2.33. The molecule has 3 amide bonds. The highest BCUT2D eigenvalue weighted by Gasteiger charge is 2.64. The summed E-state index contributed by atoms with van der Waals surface area (Å²) in [5.41, 5.74) is -0.0161. The van der Waals surface area contributed by atoms with Crippen molar-refractivity contribution in [2.24, 2.45) is 5.92 Å². The molecule has 0 fully saturated rings. The first kappa shape index (κ1) is 63.9. The average molecular weight is 1080 g/mol. The topological polar surface area (TPSA) is 468 Å². The van der Waals surface area contributed by atoms with E-state index in [1.54, 1.807) is 0 Å². The van der Waals surface area contributed by atoms with E-state index in [9.17, 15) is 91.2 Å². The van der Waals surface area contributed by atoms with Gasteiger partial charge in [-0.2, -0.15) is 12.6 Å². The van der Waals surface area contributed by atoms with E-state index in [-0.39, 0.29) is 18.6 Å². The molecule has 0 aromatic rings. The summed E-state index contributed by atoms with van der Waals surface area (Å²) in [7, 11) is -28.9. The fourth-order valence-corrected chi connectivity index (χ4v) is 15.1. The normalized spacial score (nSPS) is 21.3. The van der Waals surface area contributed by atoms with E-state index >= 15 is 0 Å². The molecular weight excluding hydrogens is 1020 g/mol. The Labute approximate surface area is 379 Å². The Kier molecular flexibility index (Phi) is 25.7. The van der Waals surface area contributed by atoms with E-state index in [1.807, 2.05) is 0 Å². The van der Waals surface area contributed by atoms with Crippen molar-refractivity contribution in [3.05, 3.63) is 0 Å². The minimum absolute atomic E-state index is 0.0161. The number of hydrogen-bond donors (Lipinski definition) is 14. The number of carbonyl (C=O) groups excluding carboxylic acids is 4. The highest BCUT2D eigenvalue weighted by Crippen LogP contribution is 2.75. The van der Waals surface area contributed by atoms with Crippen molar-refractivity contribution >= 4 is 87.4 Å². The molecule has 0 rings (SSSR count). The first-order valence-corrected chi connectivity index (χ1v) is 28.7. The summed E-state index contributed by atoms with van der Waals surface area (Å²) in [4.78, 5) is 114. The minimum Gasteiger partial charge on any atom is -0.367 e. The lowest BCUT2D eigenvalue weighted by Crippen LogP contribution is -2.45. The van der Waals surface area contributed by atoms with Gasteiger partial charge in [-0.15, -0.1) is 0 Å². The summed E-state index contributed by atoms with van der Waals surface area (Å²) in [6.45, 7) is -1.59. The Hall–Kier alpha value is -1.12. The van der Waals surface area contributed by atoms with Crippen molar-refractivity contribution in [2.45, 2.75) is 85.5 Å². The maximum absolute atomic E-state index is 13.7. The van der Waals surface area contributed by atoms with Crippen LogP contribution >= 0.6 is 58.2 Å². The van der Waals surface area contributed by atoms with Crippen LogP contribution in [0, 0.1) is 11.3 Å². The molecule has 0 aromatic carbocycles. The van der Waals surface area contributed by atoms with Crippen molar-refractivity contribution in [3.8, 4) is 0 Å². The lowest BCUT2D eigenvalue weighted by atomic mass is 9.93. The van der Waals surface area contributed by atoms with Crippen LogP contribution in [-0.4, -0.2) is 157 Å². The van der Waals surface area contributed by atoms with Crippen LogP contribution in [0.15, 0.2) is 0 Å². The summed E-state index contributed by atoms with van der Waals surface area (Å²) in [5, 5.41) is 36.5. The van der Waals surface area contributed by atoms with Crippen LogP contribution in [0.5, 0.6) is 0 Å². The van der Waals surface area contributed by atoms with Crippen molar-refractivity contribution in [1.29, 1.82) is 5.41 Å². The van der Waals surface area contributed by atoms with Gasteiger partial charge in [-0.3, -0.25) is 46.6 Å². The van der Waals surface area contributed by atoms with Gasteiger partial charge in [0.05, 0.1) is 12.5 Å². The Morgan fingerprint density at radius 3 is 1.34 bits per heavy atom. The molecular formula is C29H60N4O25P6S. The molecule has 0 heterocycles. The Bertz CT molecular complexity index is 1900. The van der Waals surface area contributed by atoms with Gasteiger partial charge >= 0.3 is 45.6 Å².